The minimum absolute atomic E-state index is 0.0552. The molecule has 0 radical (unpaired) electrons. The Morgan fingerprint density at radius 2 is 1.97 bits per heavy atom. The first-order valence-corrected chi connectivity index (χ1v) is 11.4. The number of ketones is 1. The van der Waals surface area contributed by atoms with E-state index in [0.717, 1.165) is 31.3 Å². The summed E-state index contributed by atoms with van der Waals surface area (Å²) in [6, 6.07) is 0. The van der Waals surface area contributed by atoms with Gasteiger partial charge in [0, 0.05) is 24.2 Å². The zero-order valence-electron chi connectivity index (χ0n) is 17.9. The van der Waals surface area contributed by atoms with Crippen LogP contribution in [0.2, 0.25) is 0 Å². The predicted molar refractivity (Wildman–Crippen MR) is 105 cm³/mol. The maximum atomic E-state index is 13.0. The molecule has 6 rings (SSSR count). The molecule has 5 fully saturated rings. The highest BCUT2D eigenvalue weighted by Gasteiger charge is 2.79. The van der Waals surface area contributed by atoms with Crippen LogP contribution in [0.4, 0.5) is 0 Å². The van der Waals surface area contributed by atoms with Gasteiger partial charge in [-0.2, -0.15) is 0 Å². The summed E-state index contributed by atoms with van der Waals surface area (Å²) in [7, 11) is 1.46. The zero-order chi connectivity index (χ0) is 21.1. The minimum atomic E-state index is -0.459. The number of carbonyl (C=O) groups is 3. The van der Waals surface area contributed by atoms with E-state index in [2.05, 4.69) is 13.8 Å². The van der Waals surface area contributed by atoms with Gasteiger partial charge in [0.05, 0.1) is 25.2 Å². The van der Waals surface area contributed by atoms with E-state index in [0.29, 0.717) is 19.3 Å². The number of methoxy groups -OCH3 is 1. The molecule has 4 aliphatic carbocycles. The Morgan fingerprint density at radius 3 is 2.67 bits per heavy atom. The Balaban J connectivity index is 1.48. The molecule has 30 heavy (non-hydrogen) atoms. The van der Waals surface area contributed by atoms with E-state index < -0.39 is 5.60 Å². The second-order valence-electron chi connectivity index (χ2n) is 10.9. The van der Waals surface area contributed by atoms with Crippen molar-refractivity contribution in [3.05, 3.63) is 11.6 Å². The van der Waals surface area contributed by atoms with Crippen LogP contribution in [0, 0.1) is 34.5 Å². The van der Waals surface area contributed by atoms with Crippen molar-refractivity contribution in [3.63, 3.8) is 0 Å². The molecule has 9 atom stereocenters. The number of hydrogen-bond donors (Lipinski definition) is 0. The fraction of sp³-hybridized carbons (Fsp3) is 0.792. The topological polar surface area (TPSA) is 82.2 Å². The molecule has 162 valence electrons. The third kappa shape index (κ3) is 2.07. The van der Waals surface area contributed by atoms with Crippen molar-refractivity contribution >= 4 is 17.7 Å². The van der Waals surface area contributed by atoms with Gasteiger partial charge >= 0.3 is 11.9 Å². The highest BCUT2D eigenvalue weighted by atomic mass is 16.6. The number of allylic oxidation sites excluding steroid dienone is 1. The lowest BCUT2D eigenvalue weighted by Gasteiger charge is -2.58. The summed E-state index contributed by atoms with van der Waals surface area (Å²) < 4.78 is 17.7. The van der Waals surface area contributed by atoms with E-state index in [9.17, 15) is 14.4 Å². The molecule has 6 nitrogen and oxygen atoms in total. The Kier molecular flexibility index (Phi) is 3.65. The van der Waals surface area contributed by atoms with Crippen molar-refractivity contribution in [2.45, 2.75) is 76.6 Å². The van der Waals surface area contributed by atoms with Crippen molar-refractivity contribution in [3.8, 4) is 0 Å². The third-order valence-corrected chi connectivity index (χ3v) is 10.1. The van der Waals surface area contributed by atoms with Gasteiger partial charge in [0.2, 0.25) is 0 Å². The lowest BCUT2D eigenvalue weighted by atomic mass is 9.44. The molecule has 0 aromatic carbocycles. The number of epoxide rings is 1. The molecule has 2 saturated heterocycles. The van der Waals surface area contributed by atoms with Gasteiger partial charge in [-0.15, -0.1) is 0 Å². The summed E-state index contributed by atoms with van der Waals surface area (Å²) in [6.45, 7) is 4.52. The number of ether oxygens (including phenoxy) is 3. The highest BCUT2D eigenvalue weighted by molar-refractivity contribution is 5.92. The Morgan fingerprint density at radius 1 is 1.17 bits per heavy atom. The summed E-state index contributed by atoms with van der Waals surface area (Å²) in [5, 5.41) is 0. The molecule has 6 aliphatic rings. The van der Waals surface area contributed by atoms with Crippen LogP contribution in [-0.2, 0) is 28.6 Å². The molecular formula is C24H30O6. The van der Waals surface area contributed by atoms with Crippen LogP contribution in [0.5, 0.6) is 0 Å². The third-order valence-electron chi connectivity index (χ3n) is 10.1. The second kappa shape index (κ2) is 5.76. The number of rotatable bonds is 1. The van der Waals surface area contributed by atoms with Crippen LogP contribution in [-0.4, -0.2) is 42.6 Å². The van der Waals surface area contributed by atoms with Gasteiger partial charge in [0.25, 0.3) is 0 Å². The normalized spacial score (nSPS) is 53.2. The van der Waals surface area contributed by atoms with Gasteiger partial charge in [0.15, 0.2) is 5.78 Å². The summed E-state index contributed by atoms with van der Waals surface area (Å²) in [5.41, 5.74) is 0.262. The molecule has 0 aromatic rings. The minimum Gasteiger partial charge on any atom is -0.469 e. The van der Waals surface area contributed by atoms with Gasteiger partial charge < -0.3 is 14.2 Å². The molecule has 1 spiro atoms. The molecule has 0 aromatic heterocycles. The quantitative estimate of drug-likeness (QED) is 0.485. The van der Waals surface area contributed by atoms with Crippen LogP contribution < -0.4 is 0 Å². The summed E-state index contributed by atoms with van der Waals surface area (Å²) >= 11 is 0. The van der Waals surface area contributed by atoms with E-state index in [1.807, 2.05) is 0 Å². The average molecular weight is 414 g/mol. The van der Waals surface area contributed by atoms with Crippen LogP contribution >= 0.6 is 0 Å². The smallest absolute Gasteiger partial charge is 0.309 e. The Hall–Kier alpha value is -1.69. The summed E-state index contributed by atoms with van der Waals surface area (Å²) in [6.07, 6.45) is 6.91. The van der Waals surface area contributed by atoms with Gasteiger partial charge in [-0.05, 0) is 55.4 Å². The van der Waals surface area contributed by atoms with Gasteiger partial charge in [-0.1, -0.05) is 19.4 Å². The van der Waals surface area contributed by atoms with Crippen LogP contribution in [0.25, 0.3) is 0 Å². The molecule has 0 bridgehead atoms. The van der Waals surface area contributed by atoms with E-state index in [1.54, 1.807) is 6.08 Å². The molecule has 0 N–H and O–H groups in total. The average Bonchev–Trinajstić information content (AvgIpc) is 3.35. The Labute approximate surface area is 176 Å². The molecule has 5 unspecified atom stereocenters. The largest absolute Gasteiger partial charge is 0.469 e. The standard InChI is InChI=1S/C24H30O6/c1-22-7-4-13(25)10-12(22)11-14(21(27)28-3)17-15-5-8-24(9-6-16(26)30-24)23(15,2)20-19(29-20)18(17)22/h10,14-15,17-20H,4-9,11H2,1-3H3/t14?,15?,17?,18?,19-,20-,22-,23+,24?/m0/s1. The van der Waals surface area contributed by atoms with Crippen molar-refractivity contribution in [2.24, 2.45) is 34.5 Å². The van der Waals surface area contributed by atoms with E-state index in [4.69, 9.17) is 14.2 Å². The fourth-order valence-electron chi connectivity index (χ4n) is 8.62. The van der Waals surface area contributed by atoms with Gasteiger partial charge in [-0.25, -0.2) is 0 Å². The molecular weight excluding hydrogens is 384 g/mol. The predicted octanol–water partition coefficient (Wildman–Crippen LogP) is 2.98. The number of esters is 2. The van der Waals surface area contributed by atoms with Gasteiger partial charge in [-0.3, -0.25) is 14.4 Å². The molecule has 6 heteroatoms. The highest BCUT2D eigenvalue weighted by Crippen LogP contribution is 2.75. The van der Waals surface area contributed by atoms with Crippen molar-refractivity contribution in [2.75, 3.05) is 7.11 Å². The first kappa shape index (κ1) is 19.0. The first-order chi connectivity index (χ1) is 14.2. The SMILES string of the molecule is COC(=O)C1CC2=CC(=O)CC[C@]2(C)C2C1C1CCC3(CCC(=O)O3)[C@@]1(C)[C@H]1O[C@@H]21. The monoisotopic (exact) mass is 414 g/mol. The summed E-state index contributed by atoms with van der Waals surface area (Å²) in [5.74, 6) is 0.176. The number of fused-ring (bicyclic) bond motifs is 9. The molecule has 2 aliphatic heterocycles. The number of hydrogen-bond acceptors (Lipinski definition) is 6. The van der Waals surface area contributed by atoms with Crippen molar-refractivity contribution in [1.82, 2.24) is 0 Å². The van der Waals surface area contributed by atoms with Crippen molar-refractivity contribution < 1.29 is 28.6 Å². The maximum absolute atomic E-state index is 13.0. The number of carbonyl (C=O) groups excluding carboxylic acids is 3. The molecule has 0 amide bonds. The Bertz CT molecular complexity index is 892. The lowest BCUT2D eigenvalue weighted by molar-refractivity contribution is -0.172. The fourth-order valence-corrected chi connectivity index (χ4v) is 8.62. The van der Waals surface area contributed by atoms with Crippen LogP contribution in [0.15, 0.2) is 11.6 Å². The molecule has 2 heterocycles. The van der Waals surface area contributed by atoms with E-state index in [-0.39, 0.29) is 64.4 Å². The van der Waals surface area contributed by atoms with E-state index >= 15 is 0 Å². The van der Waals surface area contributed by atoms with Crippen molar-refractivity contribution in [1.29, 1.82) is 0 Å². The zero-order valence-corrected chi connectivity index (χ0v) is 17.9. The first-order valence-electron chi connectivity index (χ1n) is 11.4. The second-order valence-corrected chi connectivity index (χ2v) is 10.9. The maximum Gasteiger partial charge on any atom is 0.309 e. The van der Waals surface area contributed by atoms with Gasteiger partial charge in [0.1, 0.15) is 5.60 Å². The van der Waals surface area contributed by atoms with Crippen LogP contribution in [0.1, 0.15) is 58.8 Å². The lowest BCUT2D eigenvalue weighted by Crippen LogP contribution is -2.61. The molecule has 3 saturated carbocycles. The summed E-state index contributed by atoms with van der Waals surface area (Å²) in [4.78, 5) is 37.4. The van der Waals surface area contributed by atoms with Crippen LogP contribution in [0.3, 0.4) is 0 Å². The van der Waals surface area contributed by atoms with E-state index in [1.165, 1.54) is 7.11 Å².